The Kier molecular flexibility index (Phi) is 5.77. The standard InChI is InChI=1S/C12H23NO3/c1-9(2)4-5-10(3)13-12(14)11-8-15-6-7-16-11/h9-11H,4-8H2,1-3H3,(H,13,14)/t10-,11-/m0/s1. The molecule has 0 aromatic rings. The molecule has 0 aromatic carbocycles. The zero-order valence-electron chi connectivity index (χ0n) is 10.5. The number of hydrogen-bond acceptors (Lipinski definition) is 3. The summed E-state index contributed by atoms with van der Waals surface area (Å²) < 4.78 is 10.5. The third-order valence-electron chi connectivity index (χ3n) is 2.67. The normalized spacial score (nSPS) is 23.1. The fourth-order valence-corrected chi connectivity index (χ4v) is 1.63. The highest BCUT2D eigenvalue weighted by Crippen LogP contribution is 2.07. The summed E-state index contributed by atoms with van der Waals surface area (Å²) >= 11 is 0. The van der Waals surface area contributed by atoms with Crippen molar-refractivity contribution < 1.29 is 14.3 Å². The molecule has 0 saturated carbocycles. The Morgan fingerprint density at radius 1 is 1.31 bits per heavy atom. The molecular formula is C12H23NO3. The second kappa shape index (κ2) is 6.86. The third-order valence-corrected chi connectivity index (χ3v) is 2.67. The highest BCUT2D eigenvalue weighted by Gasteiger charge is 2.23. The first-order chi connectivity index (χ1) is 7.59. The lowest BCUT2D eigenvalue weighted by Gasteiger charge is -2.24. The molecule has 0 spiro atoms. The fraction of sp³-hybridized carbons (Fsp3) is 0.917. The predicted molar refractivity (Wildman–Crippen MR) is 62.2 cm³/mol. The van der Waals surface area contributed by atoms with Crippen LogP contribution in [0.15, 0.2) is 0 Å². The van der Waals surface area contributed by atoms with Crippen LogP contribution >= 0.6 is 0 Å². The van der Waals surface area contributed by atoms with Gasteiger partial charge in [0.1, 0.15) is 0 Å². The monoisotopic (exact) mass is 229 g/mol. The van der Waals surface area contributed by atoms with Gasteiger partial charge in [-0.3, -0.25) is 4.79 Å². The van der Waals surface area contributed by atoms with Crippen molar-refractivity contribution in [1.82, 2.24) is 5.32 Å². The van der Waals surface area contributed by atoms with Gasteiger partial charge in [0.05, 0.1) is 19.8 Å². The molecule has 4 heteroatoms. The zero-order chi connectivity index (χ0) is 12.0. The maximum Gasteiger partial charge on any atom is 0.251 e. The molecular weight excluding hydrogens is 206 g/mol. The van der Waals surface area contributed by atoms with E-state index in [4.69, 9.17) is 9.47 Å². The van der Waals surface area contributed by atoms with Gasteiger partial charge >= 0.3 is 0 Å². The van der Waals surface area contributed by atoms with Gasteiger partial charge in [-0.25, -0.2) is 0 Å². The van der Waals surface area contributed by atoms with Crippen LogP contribution in [-0.4, -0.2) is 37.9 Å². The van der Waals surface area contributed by atoms with Crippen molar-refractivity contribution in [3.05, 3.63) is 0 Å². The van der Waals surface area contributed by atoms with Crippen LogP contribution in [0.25, 0.3) is 0 Å². The summed E-state index contributed by atoms with van der Waals surface area (Å²) in [5.41, 5.74) is 0. The zero-order valence-corrected chi connectivity index (χ0v) is 10.5. The average molecular weight is 229 g/mol. The lowest BCUT2D eigenvalue weighted by Crippen LogP contribution is -2.45. The number of amides is 1. The average Bonchev–Trinajstić information content (AvgIpc) is 2.27. The van der Waals surface area contributed by atoms with Crippen LogP contribution < -0.4 is 5.32 Å². The minimum atomic E-state index is -0.421. The van der Waals surface area contributed by atoms with E-state index in [1.165, 1.54) is 0 Å². The van der Waals surface area contributed by atoms with Crippen LogP contribution in [0.2, 0.25) is 0 Å². The van der Waals surface area contributed by atoms with E-state index in [9.17, 15) is 4.79 Å². The summed E-state index contributed by atoms with van der Waals surface area (Å²) in [6, 6.07) is 0.209. The lowest BCUT2D eigenvalue weighted by atomic mass is 10.0. The summed E-state index contributed by atoms with van der Waals surface area (Å²) in [4.78, 5) is 11.7. The molecule has 1 saturated heterocycles. The molecule has 0 bridgehead atoms. The van der Waals surface area contributed by atoms with Crippen LogP contribution in [0.5, 0.6) is 0 Å². The van der Waals surface area contributed by atoms with E-state index in [0.29, 0.717) is 25.7 Å². The molecule has 1 rings (SSSR count). The van der Waals surface area contributed by atoms with Crippen LogP contribution in [0.1, 0.15) is 33.6 Å². The molecule has 1 aliphatic rings. The molecule has 16 heavy (non-hydrogen) atoms. The van der Waals surface area contributed by atoms with Crippen molar-refractivity contribution in [1.29, 1.82) is 0 Å². The largest absolute Gasteiger partial charge is 0.376 e. The maximum atomic E-state index is 11.7. The van der Waals surface area contributed by atoms with Crippen LogP contribution in [0.4, 0.5) is 0 Å². The minimum absolute atomic E-state index is 0.0454. The second-order valence-electron chi connectivity index (χ2n) is 4.82. The first-order valence-corrected chi connectivity index (χ1v) is 6.09. The van der Waals surface area contributed by atoms with Crippen molar-refractivity contribution in [3.63, 3.8) is 0 Å². The van der Waals surface area contributed by atoms with E-state index in [1.54, 1.807) is 0 Å². The van der Waals surface area contributed by atoms with Crippen LogP contribution in [0, 0.1) is 5.92 Å². The summed E-state index contributed by atoms with van der Waals surface area (Å²) in [6.45, 7) is 7.89. The van der Waals surface area contributed by atoms with Gasteiger partial charge in [0, 0.05) is 6.04 Å². The first kappa shape index (κ1) is 13.5. The molecule has 1 fully saturated rings. The fourth-order valence-electron chi connectivity index (χ4n) is 1.63. The quantitative estimate of drug-likeness (QED) is 0.774. The summed E-state index contributed by atoms with van der Waals surface area (Å²) in [5, 5.41) is 2.96. The third kappa shape index (κ3) is 4.94. The van der Waals surface area contributed by atoms with E-state index in [2.05, 4.69) is 19.2 Å². The van der Waals surface area contributed by atoms with E-state index in [-0.39, 0.29) is 11.9 Å². The Morgan fingerprint density at radius 3 is 2.62 bits per heavy atom. The van der Waals surface area contributed by atoms with Gasteiger partial charge in [-0.2, -0.15) is 0 Å². The predicted octanol–water partition coefficient (Wildman–Crippen LogP) is 1.34. The number of carbonyl (C=O) groups excluding carboxylic acids is 1. The molecule has 0 aliphatic carbocycles. The second-order valence-corrected chi connectivity index (χ2v) is 4.82. The van der Waals surface area contributed by atoms with Gasteiger partial charge in [0.15, 0.2) is 6.10 Å². The van der Waals surface area contributed by atoms with Crippen LogP contribution in [0.3, 0.4) is 0 Å². The number of rotatable bonds is 5. The highest BCUT2D eigenvalue weighted by atomic mass is 16.6. The van der Waals surface area contributed by atoms with Crippen molar-refractivity contribution in [2.24, 2.45) is 5.92 Å². The van der Waals surface area contributed by atoms with Gasteiger partial charge in [-0.1, -0.05) is 13.8 Å². The summed E-state index contributed by atoms with van der Waals surface area (Å²) in [6.07, 6.45) is 1.72. The van der Waals surface area contributed by atoms with Crippen molar-refractivity contribution in [2.75, 3.05) is 19.8 Å². The molecule has 1 N–H and O–H groups in total. The summed E-state index contributed by atoms with van der Waals surface area (Å²) in [5.74, 6) is 0.629. The van der Waals surface area contributed by atoms with Gasteiger partial charge < -0.3 is 14.8 Å². The van der Waals surface area contributed by atoms with Gasteiger partial charge in [-0.05, 0) is 25.7 Å². The first-order valence-electron chi connectivity index (χ1n) is 6.09. The van der Waals surface area contributed by atoms with E-state index < -0.39 is 6.10 Å². The number of carbonyl (C=O) groups is 1. The number of ether oxygens (including phenoxy) is 2. The topological polar surface area (TPSA) is 47.6 Å². The van der Waals surface area contributed by atoms with Gasteiger partial charge in [0.2, 0.25) is 0 Å². The Morgan fingerprint density at radius 2 is 2.06 bits per heavy atom. The molecule has 0 unspecified atom stereocenters. The Hall–Kier alpha value is -0.610. The van der Waals surface area contributed by atoms with Crippen molar-refractivity contribution in [2.45, 2.75) is 45.8 Å². The molecule has 4 nitrogen and oxygen atoms in total. The Balaban J connectivity index is 2.21. The SMILES string of the molecule is CC(C)CC[C@H](C)NC(=O)[C@@H]1COCCO1. The number of hydrogen-bond donors (Lipinski definition) is 1. The smallest absolute Gasteiger partial charge is 0.251 e. The van der Waals surface area contributed by atoms with Crippen molar-refractivity contribution in [3.8, 4) is 0 Å². The molecule has 94 valence electrons. The molecule has 1 aliphatic heterocycles. The molecule has 0 radical (unpaired) electrons. The summed E-state index contributed by atoms with van der Waals surface area (Å²) in [7, 11) is 0. The highest BCUT2D eigenvalue weighted by molar-refractivity contribution is 5.81. The Labute approximate surface area is 97.7 Å². The van der Waals surface area contributed by atoms with Crippen LogP contribution in [-0.2, 0) is 14.3 Å². The minimum Gasteiger partial charge on any atom is -0.376 e. The van der Waals surface area contributed by atoms with E-state index in [0.717, 1.165) is 12.8 Å². The Bertz CT molecular complexity index is 212. The molecule has 1 heterocycles. The molecule has 2 atom stereocenters. The molecule has 0 aromatic heterocycles. The van der Waals surface area contributed by atoms with Gasteiger partial charge in [-0.15, -0.1) is 0 Å². The van der Waals surface area contributed by atoms with Gasteiger partial charge in [0.25, 0.3) is 5.91 Å². The lowest BCUT2D eigenvalue weighted by molar-refractivity contribution is -0.148. The molecule has 1 amide bonds. The maximum absolute atomic E-state index is 11.7. The number of nitrogens with one attached hydrogen (secondary N) is 1. The van der Waals surface area contributed by atoms with E-state index >= 15 is 0 Å². The van der Waals surface area contributed by atoms with Crippen molar-refractivity contribution >= 4 is 5.91 Å². The van der Waals surface area contributed by atoms with E-state index in [1.807, 2.05) is 6.92 Å².